The largest absolute Gasteiger partial charge is 1.00 e. The Kier molecular flexibility index (Phi) is 4.65. The van der Waals surface area contributed by atoms with Crippen LogP contribution >= 0.6 is 23.4 Å². The number of carbonyl (C=O) groups excluding carboxylic acids is 1. The van der Waals surface area contributed by atoms with Crippen molar-refractivity contribution in [2.75, 3.05) is 0 Å². The van der Waals surface area contributed by atoms with Gasteiger partial charge in [0, 0.05) is 5.02 Å². The molecule has 0 aromatic heterocycles. The number of amides is 1. The zero-order chi connectivity index (χ0) is 10.8. The molecule has 0 fully saturated rings. The molecular weight excluding hydrogens is 267 g/mol. The molecule has 16 heavy (non-hydrogen) atoms. The third kappa shape index (κ3) is 3.14. The van der Waals surface area contributed by atoms with Crippen LogP contribution in [0.5, 0.6) is 0 Å². The average Bonchev–Trinajstić information content (AvgIpc) is 2.45. The molecule has 86 valence electrons. The van der Waals surface area contributed by atoms with Gasteiger partial charge >= 0.3 is 11.1 Å². The van der Waals surface area contributed by atoms with E-state index in [9.17, 15) is 4.79 Å². The summed E-state index contributed by atoms with van der Waals surface area (Å²) < 4.78 is 0. The standard InChI is InChI=1S/C10H9ClN2OS.ClH/c11-7-3-1-2-6(4-7)5-8-9(14)13-10(12)15-8;/h1-4,8H,5H2,(H2,12,13,14);1H. The predicted octanol–water partition coefficient (Wildman–Crippen LogP) is -3.08. The van der Waals surface area contributed by atoms with E-state index in [-0.39, 0.29) is 23.6 Å². The molecule has 3 nitrogen and oxygen atoms in total. The monoisotopic (exact) mass is 276 g/mol. The van der Waals surface area contributed by atoms with Gasteiger partial charge in [0.15, 0.2) is 0 Å². The van der Waals surface area contributed by atoms with E-state index in [1.807, 2.05) is 24.3 Å². The number of nitrogens with one attached hydrogen (secondary N) is 1. The number of carbonyl (C=O) groups is 1. The van der Waals surface area contributed by atoms with Gasteiger partial charge in [-0.25, -0.2) is 9.79 Å². The highest BCUT2D eigenvalue weighted by Crippen LogP contribution is 2.19. The van der Waals surface area contributed by atoms with Crippen LogP contribution < -0.4 is 23.1 Å². The molecule has 0 spiro atoms. The van der Waals surface area contributed by atoms with Crippen LogP contribution in [-0.4, -0.2) is 16.3 Å². The number of nitrogens with two attached hydrogens (primary N) is 1. The van der Waals surface area contributed by atoms with Gasteiger partial charge in [0.2, 0.25) is 0 Å². The Balaban J connectivity index is 0.00000128. The molecule has 0 radical (unpaired) electrons. The summed E-state index contributed by atoms with van der Waals surface area (Å²) in [5, 5.41) is 1.03. The summed E-state index contributed by atoms with van der Waals surface area (Å²) in [5.41, 5.74) is 6.57. The zero-order valence-electron chi connectivity index (χ0n) is 8.24. The minimum absolute atomic E-state index is 0. The highest BCUT2D eigenvalue weighted by atomic mass is 35.5. The van der Waals surface area contributed by atoms with Crippen molar-refractivity contribution in [3.05, 3.63) is 34.9 Å². The highest BCUT2D eigenvalue weighted by molar-refractivity contribution is 8.14. The van der Waals surface area contributed by atoms with Gasteiger partial charge in [-0.05, 0) is 35.9 Å². The molecule has 0 aliphatic carbocycles. The first kappa shape index (κ1) is 13.4. The second-order valence-corrected chi connectivity index (χ2v) is 4.98. The van der Waals surface area contributed by atoms with E-state index in [4.69, 9.17) is 17.3 Å². The van der Waals surface area contributed by atoms with Crippen LogP contribution in [0.25, 0.3) is 0 Å². The summed E-state index contributed by atoms with van der Waals surface area (Å²) in [5.74, 6) is -0.0301. The molecule has 1 aromatic carbocycles. The molecule has 1 atom stereocenters. The average molecular weight is 277 g/mol. The van der Waals surface area contributed by atoms with Gasteiger partial charge in [0.25, 0.3) is 0 Å². The molecule has 0 saturated heterocycles. The highest BCUT2D eigenvalue weighted by Gasteiger charge is 2.31. The Hall–Kier alpha value is -0.710. The second-order valence-electron chi connectivity index (χ2n) is 3.29. The van der Waals surface area contributed by atoms with E-state index in [2.05, 4.69) is 4.99 Å². The Labute approximate surface area is 109 Å². The van der Waals surface area contributed by atoms with Crippen molar-refractivity contribution in [3.63, 3.8) is 0 Å². The van der Waals surface area contributed by atoms with Gasteiger partial charge < -0.3 is 12.4 Å². The van der Waals surface area contributed by atoms with Crippen molar-refractivity contribution in [1.29, 1.82) is 0 Å². The summed E-state index contributed by atoms with van der Waals surface area (Å²) in [7, 11) is 0. The maximum atomic E-state index is 11.4. The number of rotatable bonds is 2. The van der Waals surface area contributed by atoms with E-state index < -0.39 is 0 Å². The smallest absolute Gasteiger partial charge is 0.321 e. The van der Waals surface area contributed by atoms with Gasteiger partial charge in [0.1, 0.15) is 5.25 Å². The second kappa shape index (κ2) is 5.57. The minimum Gasteiger partial charge on any atom is -1.00 e. The first-order valence-electron chi connectivity index (χ1n) is 4.49. The summed E-state index contributed by atoms with van der Waals surface area (Å²) >= 11 is 7.22. The van der Waals surface area contributed by atoms with Crippen molar-refractivity contribution < 1.29 is 22.2 Å². The number of hydrogen-bond donors (Lipinski definition) is 2. The third-order valence-electron chi connectivity index (χ3n) is 2.12. The lowest BCUT2D eigenvalue weighted by molar-refractivity contribution is -0.372. The van der Waals surface area contributed by atoms with Gasteiger partial charge in [0.05, 0.1) is 0 Å². The van der Waals surface area contributed by atoms with Gasteiger partial charge in [-0.2, -0.15) is 0 Å². The Bertz CT molecular complexity index is 437. The molecule has 0 saturated carbocycles. The van der Waals surface area contributed by atoms with Gasteiger partial charge in [-0.3, -0.25) is 5.73 Å². The van der Waals surface area contributed by atoms with Crippen molar-refractivity contribution in [2.45, 2.75) is 11.7 Å². The third-order valence-corrected chi connectivity index (χ3v) is 3.37. The molecular formula is C10H10Cl2N2OS. The molecule has 2 rings (SSSR count). The van der Waals surface area contributed by atoms with Gasteiger partial charge in [-0.15, -0.1) is 0 Å². The molecule has 1 unspecified atom stereocenters. The predicted molar refractivity (Wildman–Crippen MR) is 61.7 cm³/mol. The number of amidine groups is 1. The Morgan fingerprint density at radius 1 is 1.50 bits per heavy atom. The summed E-state index contributed by atoms with van der Waals surface area (Å²) in [4.78, 5) is 14.0. The van der Waals surface area contributed by atoms with Crippen LogP contribution in [-0.2, 0) is 11.2 Å². The number of benzene rings is 1. The fourth-order valence-electron chi connectivity index (χ4n) is 1.45. The van der Waals surface area contributed by atoms with Gasteiger partial charge in [-0.1, -0.05) is 23.7 Å². The first-order valence-corrected chi connectivity index (χ1v) is 5.75. The molecule has 3 N–H and O–H groups in total. The van der Waals surface area contributed by atoms with Crippen LogP contribution in [0.2, 0.25) is 5.02 Å². The van der Waals surface area contributed by atoms with E-state index in [1.54, 1.807) is 0 Å². The summed E-state index contributed by atoms with van der Waals surface area (Å²) in [6, 6.07) is 7.51. The van der Waals surface area contributed by atoms with Crippen molar-refractivity contribution in [1.82, 2.24) is 0 Å². The molecule has 6 heteroatoms. The van der Waals surface area contributed by atoms with E-state index in [0.717, 1.165) is 5.56 Å². The minimum atomic E-state index is -0.136. The molecule has 1 amide bonds. The van der Waals surface area contributed by atoms with E-state index in [0.29, 0.717) is 16.6 Å². The van der Waals surface area contributed by atoms with Crippen LogP contribution in [0, 0.1) is 0 Å². The fraction of sp³-hybridized carbons (Fsp3) is 0.200. The zero-order valence-corrected chi connectivity index (χ0v) is 10.6. The maximum Gasteiger partial charge on any atom is 0.321 e. The summed E-state index contributed by atoms with van der Waals surface area (Å²) in [6.45, 7) is 0. The molecule has 1 aliphatic rings. The normalized spacial score (nSPS) is 19.2. The van der Waals surface area contributed by atoms with E-state index >= 15 is 0 Å². The van der Waals surface area contributed by atoms with Crippen molar-refractivity contribution >= 4 is 34.4 Å². The topological polar surface area (TPSA) is 57.1 Å². The number of hydrogen-bond acceptors (Lipinski definition) is 3. The maximum absolute atomic E-state index is 11.4. The van der Waals surface area contributed by atoms with Crippen LogP contribution in [0.15, 0.2) is 24.3 Å². The molecule has 1 aliphatic heterocycles. The van der Waals surface area contributed by atoms with Crippen molar-refractivity contribution in [3.8, 4) is 0 Å². The molecule has 1 aromatic rings. The SMILES string of the molecule is NC1=[NH+]C(=O)C(Cc2cccc(Cl)c2)S1.[Cl-]. The summed E-state index contributed by atoms with van der Waals surface area (Å²) in [6.07, 6.45) is 0.651. The lowest BCUT2D eigenvalue weighted by Gasteiger charge is -2.04. The molecule has 0 bridgehead atoms. The fourth-order valence-corrected chi connectivity index (χ4v) is 2.57. The Morgan fingerprint density at radius 2 is 2.25 bits per heavy atom. The first-order chi connectivity index (χ1) is 7.15. The molecule has 1 heterocycles. The van der Waals surface area contributed by atoms with Crippen molar-refractivity contribution in [2.24, 2.45) is 5.73 Å². The lowest BCUT2D eigenvalue weighted by atomic mass is 10.1. The number of thioether (sulfide) groups is 1. The number of halogens is 2. The van der Waals surface area contributed by atoms with E-state index in [1.165, 1.54) is 11.8 Å². The Morgan fingerprint density at radius 3 is 2.81 bits per heavy atom. The lowest BCUT2D eigenvalue weighted by Crippen LogP contribution is -3.00. The van der Waals surface area contributed by atoms with Crippen LogP contribution in [0.3, 0.4) is 0 Å². The van der Waals surface area contributed by atoms with Crippen LogP contribution in [0.1, 0.15) is 5.56 Å². The van der Waals surface area contributed by atoms with Crippen LogP contribution in [0.4, 0.5) is 0 Å². The quantitative estimate of drug-likeness (QED) is 0.603.